The number of aliphatic carboxylic acids is 1. The predicted molar refractivity (Wildman–Crippen MR) is 22.7 cm³/mol. The number of aliphatic hydroxyl groups excluding tert-OH is 1. The Morgan fingerprint density at radius 3 is 1.70 bits per heavy atom. The summed E-state index contributed by atoms with van der Waals surface area (Å²) in [5.41, 5.74) is 4.77. The van der Waals surface area contributed by atoms with Gasteiger partial charge in [0.25, 0.3) is 0 Å². The molecule has 4 nitrogen and oxygen atoms in total. The van der Waals surface area contributed by atoms with E-state index < -0.39 is 18.6 Å². The van der Waals surface area contributed by atoms with Crippen molar-refractivity contribution in [2.24, 2.45) is 5.73 Å². The van der Waals surface area contributed by atoms with E-state index in [1.807, 2.05) is 0 Å². The van der Waals surface area contributed by atoms with Crippen molar-refractivity contribution in [3.63, 3.8) is 0 Å². The SMILES string of the molecule is NC(CO)C(=O)O.[Na+].[Na+].[Na+]. The van der Waals surface area contributed by atoms with E-state index in [0.29, 0.717) is 0 Å². The van der Waals surface area contributed by atoms with E-state index in [0.717, 1.165) is 0 Å². The molecular formula is C3H7NNa3O3+3. The summed E-state index contributed by atoms with van der Waals surface area (Å²) in [4.78, 5) is 9.65. The third-order valence-corrected chi connectivity index (χ3v) is 0.514. The molecule has 10 heavy (non-hydrogen) atoms. The van der Waals surface area contributed by atoms with Crippen LogP contribution in [0.4, 0.5) is 0 Å². The van der Waals surface area contributed by atoms with Crippen molar-refractivity contribution in [3.8, 4) is 0 Å². The summed E-state index contributed by atoms with van der Waals surface area (Å²) in [5.74, 6) is -1.18. The zero-order valence-corrected chi connectivity index (χ0v) is 12.7. The van der Waals surface area contributed by atoms with E-state index in [2.05, 4.69) is 0 Å². The molecule has 0 spiro atoms. The molecule has 0 aromatic carbocycles. The first-order valence-electron chi connectivity index (χ1n) is 1.77. The molecule has 0 saturated heterocycles. The average molecular weight is 174 g/mol. The molecule has 0 aromatic rings. The van der Waals surface area contributed by atoms with Crippen molar-refractivity contribution >= 4 is 5.97 Å². The van der Waals surface area contributed by atoms with Crippen molar-refractivity contribution in [1.82, 2.24) is 0 Å². The van der Waals surface area contributed by atoms with E-state index in [9.17, 15) is 4.79 Å². The van der Waals surface area contributed by atoms with Gasteiger partial charge in [0.15, 0.2) is 0 Å². The Balaban J connectivity index is -0.0000000600. The molecule has 0 radical (unpaired) electrons. The average Bonchev–Trinajstić information content (AvgIpc) is 1.65. The van der Waals surface area contributed by atoms with Crippen molar-refractivity contribution in [2.75, 3.05) is 6.61 Å². The van der Waals surface area contributed by atoms with E-state index >= 15 is 0 Å². The molecule has 0 rings (SSSR count). The smallest absolute Gasteiger partial charge is 0.480 e. The molecule has 0 aliphatic rings. The van der Waals surface area contributed by atoms with Crippen molar-refractivity contribution in [1.29, 1.82) is 0 Å². The number of hydrogen-bond donors (Lipinski definition) is 3. The molecule has 0 aromatic heterocycles. The van der Waals surface area contributed by atoms with E-state index in [1.165, 1.54) is 0 Å². The van der Waals surface area contributed by atoms with Crippen LogP contribution in [0.2, 0.25) is 0 Å². The quantitative estimate of drug-likeness (QED) is 0.363. The third-order valence-electron chi connectivity index (χ3n) is 0.514. The van der Waals surface area contributed by atoms with Crippen LogP contribution in [-0.2, 0) is 4.79 Å². The van der Waals surface area contributed by atoms with Crippen LogP contribution >= 0.6 is 0 Å². The van der Waals surface area contributed by atoms with Crippen LogP contribution in [0.25, 0.3) is 0 Å². The van der Waals surface area contributed by atoms with E-state index in [4.69, 9.17) is 15.9 Å². The molecule has 1 atom stereocenters. The largest absolute Gasteiger partial charge is 1.00 e. The van der Waals surface area contributed by atoms with Gasteiger partial charge in [-0.2, -0.15) is 0 Å². The molecule has 1 unspecified atom stereocenters. The molecule has 7 heteroatoms. The minimum absolute atomic E-state index is 0. The minimum atomic E-state index is -1.18. The normalized spacial score (nSPS) is 9.40. The third kappa shape index (κ3) is 13.0. The summed E-state index contributed by atoms with van der Waals surface area (Å²) in [5, 5.41) is 15.9. The number of carbonyl (C=O) groups is 1. The molecule has 0 amide bonds. The maximum atomic E-state index is 9.65. The number of aliphatic hydroxyl groups is 1. The Kier molecular flexibility index (Phi) is 31.8. The van der Waals surface area contributed by atoms with Crippen LogP contribution in [0.1, 0.15) is 0 Å². The molecule has 0 aliphatic heterocycles. The molecule has 0 saturated carbocycles. The number of carboxylic acids is 1. The minimum Gasteiger partial charge on any atom is -0.480 e. The Hall–Kier alpha value is 2.39. The van der Waals surface area contributed by atoms with Gasteiger partial charge < -0.3 is 15.9 Å². The summed E-state index contributed by atoms with van der Waals surface area (Å²) in [6.45, 7) is -0.505. The van der Waals surface area contributed by atoms with Crippen molar-refractivity contribution < 1.29 is 104 Å². The summed E-state index contributed by atoms with van der Waals surface area (Å²) in [6.07, 6.45) is 0. The molecule has 0 bridgehead atoms. The van der Waals surface area contributed by atoms with Crippen LogP contribution in [0.15, 0.2) is 0 Å². The Labute approximate surface area is 126 Å². The Morgan fingerprint density at radius 2 is 1.70 bits per heavy atom. The second kappa shape index (κ2) is 13.9. The van der Waals surface area contributed by atoms with E-state index in [1.54, 1.807) is 0 Å². The van der Waals surface area contributed by atoms with Gasteiger partial charge in [-0.1, -0.05) is 0 Å². The molecule has 0 heterocycles. The summed E-state index contributed by atoms with van der Waals surface area (Å²) >= 11 is 0. The first-order valence-corrected chi connectivity index (χ1v) is 1.77. The van der Waals surface area contributed by atoms with Crippen LogP contribution in [0, 0.1) is 0 Å². The molecule has 0 fully saturated rings. The number of carboxylic acid groups (broad SMARTS) is 1. The van der Waals surface area contributed by atoms with E-state index in [-0.39, 0.29) is 88.7 Å². The Morgan fingerprint density at radius 1 is 1.40 bits per heavy atom. The number of rotatable bonds is 2. The molecular weight excluding hydrogens is 167 g/mol. The summed E-state index contributed by atoms with van der Waals surface area (Å²) < 4.78 is 0. The maximum Gasteiger partial charge on any atom is 1.00 e. The van der Waals surface area contributed by atoms with Crippen LogP contribution in [-0.4, -0.2) is 28.8 Å². The van der Waals surface area contributed by atoms with Gasteiger partial charge in [-0.3, -0.25) is 4.79 Å². The zero-order valence-electron chi connectivity index (χ0n) is 6.66. The predicted octanol–water partition coefficient (Wildman–Crippen LogP) is -10.6. The monoisotopic (exact) mass is 174 g/mol. The van der Waals surface area contributed by atoms with Crippen molar-refractivity contribution in [3.05, 3.63) is 0 Å². The summed E-state index contributed by atoms with van der Waals surface area (Å²) in [6, 6.07) is -1.13. The molecule has 42 valence electrons. The fraction of sp³-hybridized carbons (Fsp3) is 0.667. The van der Waals surface area contributed by atoms with Crippen LogP contribution in [0.5, 0.6) is 0 Å². The van der Waals surface area contributed by atoms with Gasteiger partial charge in [0.1, 0.15) is 6.04 Å². The standard InChI is InChI=1S/C3H7NO3.3Na/c4-2(1-5)3(6)7;;;/h2,5H,1,4H2,(H,6,7);;;/q;3*+1. The van der Waals surface area contributed by atoms with Gasteiger partial charge in [-0.25, -0.2) is 0 Å². The fourth-order valence-electron chi connectivity index (χ4n) is 0.0781. The zero-order chi connectivity index (χ0) is 5.86. The first-order chi connectivity index (χ1) is 3.18. The van der Waals surface area contributed by atoms with Gasteiger partial charge in [0.05, 0.1) is 6.61 Å². The van der Waals surface area contributed by atoms with Gasteiger partial charge in [0, 0.05) is 0 Å². The van der Waals surface area contributed by atoms with Gasteiger partial charge in [-0.15, -0.1) is 0 Å². The second-order valence-electron chi connectivity index (χ2n) is 1.13. The van der Waals surface area contributed by atoms with Crippen LogP contribution < -0.4 is 94.4 Å². The van der Waals surface area contributed by atoms with Gasteiger partial charge in [0.2, 0.25) is 0 Å². The fourth-order valence-corrected chi connectivity index (χ4v) is 0.0781. The molecule has 4 N–H and O–H groups in total. The Bertz CT molecular complexity index is 81.4. The summed E-state index contributed by atoms with van der Waals surface area (Å²) in [7, 11) is 0. The van der Waals surface area contributed by atoms with Crippen LogP contribution in [0.3, 0.4) is 0 Å². The van der Waals surface area contributed by atoms with Gasteiger partial charge >= 0.3 is 94.6 Å². The molecule has 0 aliphatic carbocycles. The van der Waals surface area contributed by atoms with Gasteiger partial charge in [-0.05, 0) is 0 Å². The maximum absolute atomic E-state index is 9.65. The number of nitrogens with two attached hydrogens (primary N) is 1. The topological polar surface area (TPSA) is 83.5 Å². The number of hydrogen-bond acceptors (Lipinski definition) is 3. The second-order valence-corrected chi connectivity index (χ2v) is 1.13. The first kappa shape index (κ1) is 22.8. The van der Waals surface area contributed by atoms with Crippen molar-refractivity contribution in [2.45, 2.75) is 6.04 Å².